The first-order valence-corrected chi connectivity index (χ1v) is 30.0. The molecule has 2 aromatic carbocycles. The minimum absolute atomic E-state index is 0. The largest absolute Gasteiger partial charge is 1.00 e. The molecule has 2 aromatic rings. The van der Waals surface area contributed by atoms with Crippen molar-refractivity contribution >= 4 is 21.8 Å². The molecule has 0 N–H and O–H groups in total. The van der Waals surface area contributed by atoms with Gasteiger partial charge >= 0.3 is 168 Å². The van der Waals surface area contributed by atoms with Crippen molar-refractivity contribution < 1.29 is 43.8 Å². The first-order valence-electron chi connectivity index (χ1n) is 9.53. The second-order valence-corrected chi connectivity index (χ2v) is 50.9. The van der Waals surface area contributed by atoms with E-state index in [1.165, 1.54) is 24.0 Å². The van der Waals surface area contributed by atoms with Crippen LogP contribution in [0.15, 0.2) is 91.6 Å². The Balaban J connectivity index is 0.00000140. The van der Waals surface area contributed by atoms with Crippen molar-refractivity contribution in [3.8, 4) is 0 Å². The Hall–Kier alpha value is -0.607. The Bertz CT molecular complexity index is 839. The molecular formula is C24H25Cl2GeHf. The van der Waals surface area contributed by atoms with Gasteiger partial charge in [0.25, 0.3) is 0 Å². The quantitative estimate of drug-likeness (QED) is 0.417. The van der Waals surface area contributed by atoms with Crippen molar-refractivity contribution in [2.75, 3.05) is 0 Å². The Morgan fingerprint density at radius 2 is 1.04 bits per heavy atom. The maximum absolute atomic E-state index is 2.65. The van der Waals surface area contributed by atoms with E-state index in [2.05, 4.69) is 96.5 Å². The fraction of sp³-hybridized carbons (Fsp3) is 0.167. The van der Waals surface area contributed by atoms with Crippen LogP contribution in [-0.4, -0.2) is 10.6 Å². The fourth-order valence-electron chi connectivity index (χ4n) is 4.18. The zero-order valence-electron chi connectivity index (χ0n) is 16.3. The van der Waals surface area contributed by atoms with Crippen LogP contribution in [0.3, 0.4) is 0 Å². The normalized spacial score (nSPS) is 15.1. The molecule has 28 heavy (non-hydrogen) atoms. The van der Waals surface area contributed by atoms with Gasteiger partial charge in [-0.15, -0.1) is 0 Å². The number of hydrogen-bond acceptors (Lipinski definition) is 0. The molecule has 0 saturated carbocycles. The van der Waals surface area contributed by atoms with E-state index in [-0.39, 0.29) is 24.8 Å². The number of benzene rings is 2. The van der Waals surface area contributed by atoms with Crippen LogP contribution in [0, 0.1) is 0 Å². The molecule has 0 unspecified atom stereocenters. The van der Waals surface area contributed by atoms with E-state index < -0.39 is 29.6 Å². The predicted molar refractivity (Wildman–Crippen MR) is 113 cm³/mol. The van der Waals surface area contributed by atoms with Gasteiger partial charge < -0.3 is 24.8 Å². The molecule has 0 aromatic heterocycles. The van der Waals surface area contributed by atoms with E-state index in [4.69, 9.17) is 0 Å². The van der Waals surface area contributed by atoms with Gasteiger partial charge in [0, 0.05) is 0 Å². The SMILES string of the molecule is [CH3][GeH]([CH3])[Hf+2]([C]1=C(c2ccccc2)C=CC1)[C]1=C(c2ccccc2)C=CC1.[Cl-].[Cl-]. The van der Waals surface area contributed by atoms with Crippen LogP contribution in [0.25, 0.3) is 11.1 Å². The molecule has 0 spiro atoms. The maximum atomic E-state index is 2.65. The Morgan fingerprint density at radius 3 is 1.39 bits per heavy atom. The Kier molecular flexibility index (Phi) is 9.27. The molecule has 4 rings (SSSR count). The van der Waals surface area contributed by atoms with Crippen molar-refractivity contribution in [3.05, 3.63) is 103 Å². The molecule has 4 heteroatoms. The second kappa shape index (κ2) is 11.0. The van der Waals surface area contributed by atoms with Gasteiger partial charge in [0.1, 0.15) is 0 Å². The summed E-state index contributed by atoms with van der Waals surface area (Å²) in [6.07, 6.45) is 12.1. The Labute approximate surface area is 191 Å². The smallest absolute Gasteiger partial charge is 1.00 e. The first kappa shape index (κ1) is 23.7. The summed E-state index contributed by atoms with van der Waals surface area (Å²) in [5.74, 6) is 5.30. The van der Waals surface area contributed by atoms with E-state index in [1.807, 2.05) is 6.66 Å². The van der Waals surface area contributed by atoms with Crippen molar-refractivity contribution in [2.45, 2.75) is 24.4 Å². The monoisotopic (exact) mass is 637 g/mol. The van der Waals surface area contributed by atoms with Crippen molar-refractivity contribution in [3.63, 3.8) is 0 Å². The van der Waals surface area contributed by atoms with Gasteiger partial charge in [0.15, 0.2) is 0 Å². The van der Waals surface area contributed by atoms with Gasteiger partial charge in [0.05, 0.1) is 0 Å². The van der Waals surface area contributed by atoms with Gasteiger partial charge in [-0.1, -0.05) is 0 Å². The average molecular weight is 635 g/mol. The molecule has 2 aliphatic carbocycles. The predicted octanol–water partition coefficient (Wildman–Crippen LogP) is 0.338. The third kappa shape index (κ3) is 4.92. The molecule has 0 radical (unpaired) electrons. The van der Waals surface area contributed by atoms with Crippen molar-refractivity contribution in [2.24, 2.45) is 0 Å². The maximum Gasteiger partial charge on any atom is -1.00 e. The zero-order valence-corrected chi connectivity index (χ0v) is 23.9. The summed E-state index contributed by atoms with van der Waals surface area (Å²) < 4.78 is 3.76. The number of allylic oxidation sites excluding steroid dienone is 8. The minimum atomic E-state index is -1.97. The van der Waals surface area contributed by atoms with Crippen LogP contribution in [0.2, 0.25) is 11.5 Å². The zero-order chi connectivity index (χ0) is 17.9. The van der Waals surface area contributed by atoms with E-state index in [1.54, 1.807) is 11.1 Å². The summed E-state index contributed by atoms with van der Waals surface area (Å²) in [7, 11) is -1.22. The van der Waals surface area contributed by atoms with E-state index in [0.29, 0.717) is 0 Å². The summed E-state index contributed by atoms with van der Waals surface area (Å²) >= 11 is -1.97. The number of rotatable bonds is 5. The summed E-state index contributed by atoms with van der Waals surface area (Å²) in [6.45, 7) is 0. The van der Waals surface area contributed by atoms with Crippen molar-refractivity contribution in [1.29, 1.82) is 0 Å². The fourth-order valence-corrected chi connectivity index (χ4v) is 50.0. The minimum Gasteiger partial charge on any atom is -1.00 e. The first-order chi connectivity index (χ1) is 12.8. The van der Waals surface area contributed by atoms with E-state index >= 15 is 0 Å². The summed E-state index contributed by atoms with van der Waals surface area (Å²) in [5, 5.41) is 0. The third-order valence-corrected chi connectivity index (χ3v) is 49.3. The summed E-state index contributed by atoms with van der Waals surface area (Å²) in [4.78, 5) is 0. The van der Waals surface area contributed by atoms with Crippen LogP contribution < -0.4 is 24.8 Å². The van der Waals surface area contributed by atoms with Gasteiger partial charge in [-0.3, -0.25) is 0 Å². The standard InChI is InChI=1S/2C11H9.C2H7Ge.2ClH.Hf/c2*1-2-6-10(7-3-1)11-8-4-5-9-11;1-3-2;;;/h2*1-4,6-8H,5H2;3H,1-2H3;2*1H;/q;;;;;+2/p-2. The molecule has 0 amide bonds. The van der Waals surface area contributed by atoms with Crippen LogP contribution in [-0.2, 0) is 19.0 Å². The molecule has 0 aliphatic heterocycles. The van der Waals surface area contributed by atoms with E-state index in [0.717, 1.165) is 0 Å². The molecular weight excluding hydrogens is 610 g/mol. The molecule has 0 saturated heterocycles. The number of halogens is 2. The second-order valence-electron chi connectivity index (χ2n) is 7.30. The van der Waals surface area contributed by atoms with Crippen LogP contribution in [0.1, 0.15) is 24.0 Å². The van der Waals surface area contributed by atoms with Crippen LogP contribution in [0.5, 0.6) is 0 Å². The molecule has 0 nitrogen and oxygen atoms in total. The van der Waals surface area contributed by atoms with Gasteiger partial charge in [0.2, 0.25) is 0 Å². The Morgan fingerprint density at radius 1 is 0.643 bits per heavy atom. The molecule has 2 aliphatic rings. The van der Waals surface area contributed by atoms with Crippen LogP contribution >= 0.6 is 0 Å². The average Bonchev–Trinajstić information content (AvgIpc) is 3.33. The topological polar surface area (TPSA) is 0 Å². The van der Waals surface area contributed by atoms with Crippen molar-refractivity contribution in [1.82, 2.24) is 0 Å². The third-order valence-electron chi connectivity index (χ3n) is 5.26. The molecule has 0 heterocycles. The van der Waals surface area contributed by atoms with Gasteiger partial charge in [-0.05, 0) is 0 Å². The summed E-state index contributed by atoms with van der Waals surface area (Å²) in [5.41, 5.74) is 5.99. The van der Waals surface area contributed by atoms with Crippen LogP contribution in [0.4, 0.5) is 0 Å². The number of hydrogen-bond donors (Lipinski definition) is 0. The molecule has 0 bridgehead atoms. The van der Waals surface area contributed by atoms with E-state index in [9.17, 15) is 0 Å². The van der Waals surface area contributed by atoms with Gasteiger partial charge in [-0.25, -0.2) is 0 Å². The molecule has 143 valence electrons. The molecule has 0 fully saturated rings. The molecule has 0 atom stereocenters. The summed E-state index contributed by atoms with van der Waals surface area (Å²) in [6, 6.07) is 22.1. The van der Waals surface area contributed by atoms with Gasteiger partial charge in [-0.2, -0.15) is 0 Å².